The van der Waals surface area contributed by atoms with Gasteiger partial charge in [0.05, 0.1) is 6.04 Å². The molecule has 3 aliphatic rings. The fourth-order valence-corrected chi connectivity index (χ4v) is 4.29. The lowest BCUT2D eigenvalue weighted by molar-refractivity contribution is -0.274. The molecule has 2 saturated heterocycles. The molecular formula is C21H26F3N3O3. The molecule has 1 atom stereocenters. The van der Waals surface area contributed by atoms with E-state index in [4.69, 9.17) is 0 Å². The quantitative estimate of drug-likeness (QED) is 0.728. The van der Waals surface area contributed by atoms with Crippen molar-refractivity contribution in [1.29, 1.82) is 0 Å². The van der Waals surface area contributed by atoms with E-state index >= 15 is 0 Å². The van der Waals surface area contributed by atoms with Crippen molar-refractivity contribution in [2.45, 2.75) is 38.1 Å². The maximum atomic E-state index is 12.8. The maximum Gasteiger partial charge on any atom is 0.573 e. The van der Waals surface area contributed by atoms with Crippen LogP contribution in [0.3, 0.4) is 0 Å². The second kappa shape index (κ2) is 8.45. The summed E-state index contributed by atoms with van der Waals surface area (Å²) in [5, 5.41) is 0. The predicted octanol–water partition coefficient (Wildman–Crippen LogP) is 2.74. The maximum absolute atomic E-state index is 12.8. The standard InChI is InChI=1S/C21H26F3N3O3/c22-21(23,24)30-17-6-4-16(5-7-17)19(28)26-10-1-9-25(12-13-26)18-8-11-27(20(18)29)14-15-2-3-15/h4-7,15,18H,1-3,8-14H2/t18-/m0/s1. The minimum atomic E-state index is -4.76. The Labute approximate surface area is 173 Å². The summed E-state index contributed by atoms with van der Waals surface area (Å²) in [4.78, 5) is 31.4. The van der Waals surface area contributed by atoms with Crippen molar-refractivity contribution in [1.82, 2.24) is 14.7 Å². The fourth-order valence-electron chi connectivity index (χ4n) is 4.29. The molecule has 0 N–H and O–H groups in total. The number of carbonyl (C=O) groups is 2. The predicted molar refractivity (Wildman–Crippen MR) is 103 cm³/mol. The van der Waals surface area contributed by atoms with E-state index in [0.29, 0.717) is 31.1 Å². The van der Waals surface area contributed by atoms with Crippen LogP contribution in [0.1, 0.15) is 36.0 Å². The Balaban J connectivity index is 1.32. The zero-order valence-corrected chi connectivity index (χ0v) is 16.7. The molecular weight excluding hydrogens is 399 g/mol. The van der Waals surface area contributed by atoms with Crippen LogP contribution < -0.4 is 4.74 Å². The van der Waals surface area contributed by atoms with E-state index in [0.717, 1.165) is 44.6 Å². The van der Waals surface area contributed by atoms with E-state index in [9.17, 15) is 22.8 Å². The summed E-state index contributed by atoms with van der Waals surface area (Å²) in [5.41, 5.74) is 0.325. The van der Waals surface area contributed by atoms with Crippen molar-refractivity contribution >= 4 is 11.8 Å². The van der Waals surface area contributed by atoms with E-state index in [1.807, 2.05) is 4.90 Å². The highest BCUT2D eigenvalue weighted by Crippen LogP contribution is 2.32. The van der Waals surface area contributed by atoms with E-state index in [2.05, 4.69) is 9.64 Å². The summed E-state index contributed by atoms with van der Waals surface area (Å²) in [6.45, 7) is 4.12. The minimum absolute atomic E-state index is 0.0994. The summed E-state index contributed by atoms with van der Waals surface area (Å²) in [7, 11) is 0. The number of hydrogen-bond acceptors (Lipinski definition) is 4. The molecule has 1 aromatic rings. The van der Waals surface area contributed by atoms with E-state index in [1.165, 1.54) is 25.0 Å². The Kier molecular flexibility index (Phi) is 5.90. The molecule has 3 fully saturated rings. The Hall–Kier alpha value is -2.29. The molecule has 6 nitrogen and oxygen atoms in total. The van der Waals surface area contributed by atoms with E-state index < -0.39 is 6.36 Å². The fraction of sp³-hybridized carbons (Fsp3) is 0.619. The Morgan fingerprint density at radius 2 is 1.73 bits per heavy atom. The van der Waals surface area contributed by atoms with Gasteiger partial charge in [0.15, 0.2) is 0 Å². The lowest BCUT2D eigenvalue weighted by Gasteiger charge is -2.26. The molecule has 0 radical (unpaired) electrons. The van der Waals surface area contributed by atoms with Crippen LogP contribution in [0.25, 0.3) is 0 Å². The number of alkyl halides is 3. The van der Waals surface area contributed by atoms with Gasteiger partial charge in [0.25, 0.3) is 5.91 Å². The normalized spacial score (nSPS) is 23.6. The van der Waals surface area contributed by atoms with Gasteiger partial charge in [-0.15, -0.1) is 13.2 Å². The van der Waals surface area contributed by atoms with Crippen LogP contribution >= 0.6 is 0 Å². The number of rotatable bonds is 5. The average molecular weight is 425 g/mol. The lowest BCUT2D eigenvalue weighted by atomic mass is 10.2. The number of amides is 2. The lowest BCUT2D eigenvalue weighted by Crippen LogP contribution is -2.44. The third kappa shape index (κ3) is 5.06. The van der Waals surface area contributed by atoms with Gasteiger partial charge in [0.1, 0.15) is 5.75 Å². The molecule has 0 unspecified atom stereocenters. The molecule has 1 aliphatic carbocycles. The number of halogens is 3. The van der Waals surface area contributed by atoms with Gasteiger partial charge in [0, 0.05) is 44.8 Å². The average Bonchev–Trinajstić information content (AvgIpc) is 3.48. The highest BCUT2D eigenvalue weighted by atomic mass is 19.4. The Morgan fingerprint density at radius 1 is 1.00 bits per heavy atom. The van der Waals surface area contributed by atoms with Gasteiger partial charge >= 0.3 is 6.36 Å². The number of ether oxygens (including phenoxy) is 1. The molecule has 1 aromatic carbocycles. The Bertz CT molecular complexity index is 780. The van der Waals surface area contributed by atoms with Gasteiger partial charge in [-0.3, -0.25) is 14.5 Å². The topological polar surface area (TPSA) is 53.1 Å². The van der Waals surface area contributed by atoms with Crippen LogP contribution in [0, 0.1) is 5.92 Å². The molecule has 4 rings (SSSR count). The van der Waals surface area contributed by atoms with Crippen molar-refractivity contribution in [3.05, 3.63) is 29.8 Å². The summed E-state index contributed by atoms with van der Waals surface area (Å²) < 4.78 is 40.7. The van der Waals surface area contributed by atoms with Crippen molar-refractivity contribution in [2.24, 2.45) is 5.92 Å². The van der Waals surface area contributed by atoms with Gasteiger partial charge in [-0.25, -0.2) is 0 Å². The molecule has 2 aliphatic heterocycles. The summed E-state index contributed by atoms with van der Waals surface area (Å²) >= 11 is 0. The van der Waals surface area contributed by atoms with E-state index in [1.54, 1.807) is 4.90 Å². The molecule has 1 saturated carbocycles. The summed E-state index contributed by atoms with van der Waals surface area (Å²) in [6, 6.07) is 4.90. The summed E-state index contributed by atoms with van der Waals surface area (Å²) in [6.07, 6.45) is -0.726. The van der Waals surface area contributed by atoms with Crippen LogP contribution in [0.15, 0.2) is 24.3 Å². The third-order valence-corrected chi connectivity index (χ3v) is 6.04. The zero-order chi connectivity index (χ0) is 21.3. The van der Waals surface area contributed by atoms with Gasteiger partial charge in [0.2, 0.25) is 5.91 Å². The smallest absolute Gasteiger partial charge is 0.406 e. The third-order valence-electron chi connectivity index (χ3n) is 6.04. The number of nitrogens with zero attached hydrogens (tertiary/aromatic N) is 3. The second-order valence-electron chi connectivity index (χ2n) is 8.29. The minimum Gasteiger partial charge on any atom is -0.406 e. The first-order chi connectivity index (χ1) is 14.3. The van der Waals surface area contributed by atoms with Crippen LogP contribution in [-0.2, 0) is 4.79 Å². The molecule has 2 heterocycles. The first kappa shape index (κ1) is 21.0. The first-order valence-electron chi connectivity index (χ1n) is 10.5. The van der Waals surface area contributed by atoms with Crippen LogP contribution in [0.5, 0.6) is 5.75 Å². The summed E-state index contributed by atoms with van der Waals surface area (Å²) in [5.74, 6) is 0.319. The number of benzene rings is 1. The Morgan fingerprint density at radius 3 is 2.40 bits per heavy atom. The largest absolute Gasteiger partial charge is 0.573 e. The molecule has 0 aromatic heterocycles. The number of likely N-dealkylation sites (tertiary alicyclic amines) is 1. The molecule has 9 heteroatoms. The number of hydrogen-bond donors (Lipinski definition) is 0. The second-order valence-corrected chi connectivity index (χ2v) is 8.29. The van der Waals surface area contributed by atoms with Gasteiger partial charge in [-0.2, -0.15) is 0 Å². The van der Waals surface area contributed by atoms with Crippen molar-refractivity contribution in [3.8, 4) is 5.75 Å². The number of carbonyl (C=O) groups excluding carboxylic acids is 2. The van der Waals surface area contributed by atoms with Gasteiger partial charge in [-0.05, 0) is 55.9 Å². The SMILES string of the molecule is O=C(c1ccc(OC(F)(F)F)cc1)N1CCCN([C@H]2CCN(CC3CC3)C2=O)CC1. The van der Waals surface area contributed by atoms with Crippen molar-refractivity contribution < 1.29 is 27.5 Å². The van der Waals surface area contributed by atoms with Crippen LogP contribution in [-0.4, -0.2) is 78.2 Å². The highest BCUT2D eigenvalue weighted by molar-refractivity contribution is 5.94. The highest BCUT2D eigenvalue weighted by Gasteiger charge is 2.39. The van der Waals surface area contributed by atoms with Crippen molar-refractivity contribution in [2.75, 3.05) is 39.3 Å². The van der Waals surface area contributed by atoms with Crippen LogP contribution in [0.2, 0.25) is 0 Å². The molecule has 0 bridgehead atoms. The van der Waals surface area contributed by atoms with Crippen LogP contribution in [0.4, 0.5) is 13.2 Å². The molecule has 2 amide bonds. The van der Waals surface area contributed by atoms with Gasteiger partial charge < -0.3 is 14.5 Å². The van der Waals surface area contributed by atoms with E-state index in [-0.39, 0.29) is 23.6 Å². The zero-order valence-electron chi connectivity index (χ0n) is 16.7. The molecule has 30 heavy (non-hydrogen) atoms. The first-order valence-corrected chi connectivity index (χ1v) is 10.5. The van der Waals surface area contributed by atoms with Crippen molar-refractivity contribution in [3.63, 3.8) is 0 Å². The molecule has 164 valence electrons. The molecule has 0 spiro atoms. The van der Waals surface area contributed by atoms with Gasteiger partial charge in [-0.1, -0.05) is 0 Å². The monoisotopic (exact) mass is 425 g/mol.